The fourth-order valence-electron chi connectivity index (χ4n) is 6.16. The zero-order valence-electron chi connectivity index (χ0n) is 27.4. The number of ether oxygens (including phenoxy) is 1. The topological polar surface area (TPSA) is 82.9 Å². The molecule has 2 aromatic rings. The Kier molecular flexibility index (Phi) is 12.6. The van der Waals surface area contributed by atoms with Crippen LogP contribution < -0.4 is 5.32 Å². The van der Waals surface area contributed by atoms with Crippen LogP contribution in [0.15, 0.2) is 18.2 Å². The molecule has 0 spiro atoms. The van der Waals surface area contributed by atoms with Crippen molar-refractivity contribution >= 4 is 29.0 Å². The van der Waals surface area contributed by atoms with Gasteiger partial charge in [-0.1, -0.05) is 34.1 Å². The van der Waals surface area contributed by atoms with E-state index in [1.165, 1.54) is 32.4 Å². The Labute approximate surface area is 259 Å². The van der Waals surface area contributed by atoms with E-state index in [1.54, 1.807) is 4.90 Å². The number of anilines is 1. The Hall–Kier alpha value is -2.81. The Balaban J connectivity index is 1.54. The number of nitrogens with zero attached hydrogens (tertiary/aromatic N) is 5. The molecule has 2 aliphatic rings. The second kappa shape index (κ2) is 16.3. The van der Waals surface area contributed by atoms with Gasteiger partial charge >= 0.3 is 6.09 Å². The molecular weight excluding hydrogens is 540 g/mol. The first-order chi connectivity index (χ1) is 20.7. The van der Waals surface area contributed by atoms with Crippen LogP contribution in [0.4, 0.5) is 10.7 Å². The molecule has 43 heavy (non-hydrogen) atoms. The van der Waals surface area contributed by atoms with Gasteiger partial charge in [-0.2, -0.15) is 0 Å². The second-order valence-corrected chi connectivity index (χ2v) is 13.3. The molecule has 3 heterocycles. The molecule has 2 amide bonds. The predicted molar refractivity (Wildman–Crippen MR) is 175 cm³/mol. The number of benzene rings is 1. The van der Waals surface area contributed by atoms with Gasteiger partial charge in [0.05, 0.1) is 17.6 Å². The molecule has 0 saturated carbocycles. The largest absolute Gasteiger partial charge is 0.450 e. The molecule has 0 radical (unpaired) electrons. The van der Waals surface area contributed by atoms with Gasteiger partial charge in [-0.3, -0.25) is 4.79 Å². The van der Waals surface area contributed by atoms with Crippen molar-refractivity contribution in [3.8, 4) is 0 Å². The molecule has 9 heteroatoms. The van der Waals surface area contributed by atoms with Gasteiger partial charge in [0, 0.05) is 44.3 Å². The summed E-state index contributed by atoms with van der Waals surface area (Å²) in [5, 5.41) is 3.72. The number of imidazole rings is 1. The molecule has 2 aliphatic heterocycles. The van der Waals surface area contributed by atoms with E-state index >= 15 is 0 Å². The first-order valence-electron chi connectivity index (χ1n) is 16.9. The van der Waals surface area contributed by atoms with E-state index in [0.29, 0.717) is 31.5 Å². The van der Waals surface area contributed by atoms with Crippen molar-refractivity contribution < 1.29 is 14.3 Å². The number of rotatable bonds is 14. The van der Waals surface area contributed by atoms with Crippen LogP contribution in [0.25, 0.3) is 11.0 Å². The highest BCUT2D eigenvalue weighted by atomic mass is 16.6. The third kappa shape index (κ3) is 9.59. The number of piperidine rings is 2. The number of carbonyl (C=O) groups excluding carboxylic acids is 2. The molecule has 0 aliphatic carbocycles. The quantitative estimate of drug-likeness (QED) is 0.269. The Morgan fingerprint density at radius 1 is 0.977 bits per heavy atom. The zero-order valence-corrected chi connectivity index (χ0v) is 27.4. The minimum Gasteiger partial charge on any atom is -0.450 e. The molecule has 1 aromatic heterocycles. The van der Waals surface area contributed by atoms with Gasteiger partial charge in [-0.05, 0) is 102 Å². The monoisotopic (exact) mass is 596 g/mol. The van der Waals surface area contributed by atoms with Crippen molar-refractivity contribution in [1.82, 2.24) is 24.3 Å². The molecular formula is C34H56N6O3. The average Bonchev–Trinajstić information content (AvgIpc) is 3.33. The maximum absolute atomic E-state index is 13.8. The number of aromatic nitrogens is 2. The van der Waals surface area contributed by atoms with E-state index < -0.39 is 0 Å². The van der Waals surface area contributed by atoms with E-state index in [-0.39, 0.29) is 18.0 Å². The van der Waals surface area contributed by atoms with Crippen LogP contribution in [-0.2, 0) is 11.3 Å². The van der Waals surface area contributed by atoms with Gasteiger partial charge in [0.15, 0.2) is 0 Å². The highest BCUT2D eigenvalue weighted by Gasteiger charge is 2.26. The highest BCUT2D eigenvalue weighted by Crippen LogP contribution is 2.26. The van der Waals surface area contributed by atoms with Crippen molar-refractivity contribution in [3.05, 3.63) is 23.8 Å². The summed E-state index contributed by atoms with van der Waals surface area (Å²) in [5.41, 5.74) is 2.67. The third-order valence-corrected chi connectivity index (χ3v) is 8.89. The summed E-state index contributed by atoms with van der Waals surface area (Å²) in [6, 6.07) is 6.26. The maximum atomic E-state index is 13.8. The molecule has 9 nitrogen and oxygen atoms in total. The smallest absolute Gasteiger partial charge is 0.409 e. The fraction of sp³-hybridized carbons (Fsp3) is 0.735. The number of carbonyl (C=O) groups is 2. The van der Waals surface area contributed by atoms with Gasteiger partial charge < -0.3 is 29.3 Å². The molecule has 2 saturated heterocycles. The highest BCUT2D eigenvalue weighted by molar-refractivity contribution is 5.97. The van der Waals surface area contributed by atoms with E-state index in [9.17, 15) is 9.59 Å². The lowest BCUT2D eigenvalue weighted by Gasteiger charge is -2.32. The molecule has 1 aromatic carbocycles. The molecule has 4 rings (SSSR count). The van der Waals surface area contributed by atoms with Gasteiger partial charge in [0.1, 0.15) is 0 Å². The Bertz CT molecular complexity index is 1150. The Morgan fingerprint density at radius 2 is 1.65 bits per heavy atom. The summed E-state index contributed by atoms with van der Waals surface area (Å²) >= 11 is 0. The van der Waals surface area contributed by atoms with E-state index in [4.69, 9.17) is 9.72 Å². The summed E-state index contributed by atoms with van der Waals surface area (Å²) in [6.45, 7) is 18.3. The van der Waals surface area contributed by atoms with Crippen molar-refractivity contribution in [2.24, 2.45) is 11.8 Å². The number of nitrogens with one attached hydrogen (secondary N) is 1. The molecule has 0 atom stereocenters. The van der Waals surface area contributed by atoms with E-state index in [2.05, 4.69) is 53.4 Å². The summed E-state index contributed by atoms with van der Waals surface area (Å²) in [7, 11) is 0. The van der Waals surface area contributed by atoms with Crippen molar-refractivity contribution in [3.63, 3.8) is 0 Å². The van der Waals surface area contributed by atoms with Crippen molar-refractivity contribution in [2.45, 2.75) is 98.6 Å². The lowest BCUT2D eigenvalue weighted by atomic mass is 10.1. The molecule has 240 valence electrons. The van der Waals surface area contributed by atoms with Crippen molar-refractivity contribution in [1.29, 1.82) is 0 Å². The number of likely N-dealkylation sites (tertiary alicyclic amines) is 2. The first-order valence-corrected chi connectivity index (χ1v) is 16.9. The summed E-state index contributed by atoms with van der Waals surface area (Å²) in [4.78, 5) is 37.5. The van der Waals surface area contributed by atoms with Crippen molar-refractivity contribution in [2.75, 3.05) is 57.7 Å². The molecule has 0 bridgehead atoms. The fourth-order valence-corrected chi connectivity index (χ4v) is 6.16. The first kappa shape index (κ1) is 33.1. The summed E-state index contributed by atoms with van der Waals surface area (Å²) < 4.78 is 7.50. The number of hydrogen-bond donors (Lipinski definition) is 1. The second-order valence-electron chi connectivity index (χ2n) is 13.3. The van der Waals surface area contributed by atoms with Crippen LogP contribution in [0.1, 0.15) is 96.3 Å². The van der Waals surface area contributed by atoms with Crippen LogP contribution in [0.3, 0.4) is 0 Å². The standard InChI is InChI=1S/C34H56N6O3/c1-6-43-34(42)39-23-15-29(16-24-39)35-33-36-30-12-11-28(32(41)38(21-13-26(2)3)22-14-27(4)5)25-31(30)40(33)20-10-19-37-17-8-7-9-18-37/h11-12,25-27,29H,6-10,13-24H2,1-5H3,(H,35,36). The zero-order chi connectivity index (χ0) is 30.8. The molecule has 0 unspecified atom stereocenters. The number of aryl methyl sites for hydroxylation is 1. The van der Waals surface area contributed by atoms with Gasteiger partial charge in [-0.15, -0.1) is 0 Å². The van der Waals surface area contributed by atoms with Crippen LogP contribution in [0, 0.1) is 11.8 Å². The van der Waals surface area contributed by atoms with Crippen LogP contribution in [-0.4, -0.2) is 94.7 Å². The van der Waals surface area contributed by atoms with Crippen LogP contribution in [0.2, 0.25) is 0 Å². The van der Waals surface area contributed by atoms with Crippen LogP contribution in [0.5, 0.6) is 0 Å². The maximum Gasteiger partial charge on any atom is 0.409 e. The van der Waals surface area contributed by atoms with E-state index in [0.717, 1.165) is 80.8 Å². The van der Waals surface area contributed by atoms with Gasteiger partial charge in [0.2, 0.25) is 5.95 Å². The number of amides is 2. The average molecular weight is 597 g/mol. The molecule has 2 fully saturated rings. The minimum atomic E-state index is -0.223. The predicted octanol–water partition coefficient (Wildman–Crippen LogP) is 6.48. The number of fused-ring (bicyclic) bond motifs is 1. The minimum absolute atomic E-state index is 0.116. The number of hydrogen-bond acceptors (Lipinski definition) is 6. The lowest BCUT2D eigenvalue weighted by molar-refractivity contribution is 0.0740. The van der Waals surface area contributed by atoms with Crippen LogP contribution >= 0.6 is 0 Å². The lowest BCUT2D eigenvalue weighted by Crippen LogP contribution is -2.43. The SMILES string of the molecule is CCOC(=O)N1CCC(Nc2nc3ccc(C(=O)N(CCC(C)C)CCC(C)C)cc3n2CCCN2CCCCC2)CC1. The van der Waals surface area contributed by atoms with Gasteiger partial charge in [0.25, 0.3) is 5.91 Å². The third-order valence-electron chi connectivity index (χ3n) is 8.89. The normalized spacial score (nSPS) is 16.8. The van der Waals surface area contributed by atoms with Gasteiger partial charge in [-0.25, -0.2) is 9.78 Å². The summed E-state index contributed by atoms with van der Waals surface area (Å²) in [6.07, 6.45) is 8.44. The van der Waals surface area contributed by atoms with E-state index in [1.807, 2.05) is 19.1 Å². The Morgan fingerprint density at radius 3 is 2.28 bits per heavy atom. The summed E-state index contributed by atoms with van der Waals surface area (Å²) in [5.74, 6) is 2.08. The molecule has 1 N–H and O–H groups in total.